The third-order valence-corrected chi connectivity index (χ3v) is 5.15. The van der Waals surface area contributed by atoms with Gasteiger partial charge < -0.3 is 0 Å². The maximum Gasteiger partial charge on any atom is 0.266 e. The van der Waals surface area contributed by atoms with Crippen molar-refractivity contribution in [1.82, 2.24) is 0 Å². The smallest absolute Gasteiger partial charge is 0.266 e. The number of fused-ring (bicyclic) bond motifs is 1. The Hall–Kier alpha value is -1.21. The zero-order valence-corrected chi connectivity index (χ0v) is 14.9. The summed E-state index contributed by atoms with van der Waals surface area (Å²) in [7, 11) is 0. The van der Waals surface area contributed by atoms with Crippen LogP contribution < -0.4 is 4.90 Å². The summed E-state index contributed by atoms with van der Waals surface area (Å²) in [6.45, 7) is 1.92. The van der Waals surface area contributed by atoms with Crippen molar-refractivity contribution in [3.05, 3.63) is 62.2 Å². The molecule has 0 aromatic heterocycles. The monoisotopic (exact) mass is 455 g/mol. The molecule has 0 spiro atoms. The summed E-state index contributed by atoms with van der Waals surface area (Å²) in [5.74, 6) is -0.499. The highest BCUT2D eigenvalue weighted by Crippen LogP contribution is 2.33. The van der Waals surface area contributed by atoms with Crippen LogP contribution in [0, 0.1) is 10.5 Å². The van der Waals surface area contributed by atoms with Gasteiger partial charge in [0.15, 0.2) is 0 Å². The first-order chi connectivity index (χ1) is 10.0. The van der Waals surface area contributed by atoms with Gasteiger partial charge in [-0.25, -0.2) is 4.90 Å². The summed E-state index contributed by atoms with van der Waals surface area (Å²) in [4.78, 5) is 26.4. The zero-order chi connectivity index (χ0) is 15.1. The molecular formula is C16H11BrINO2. The number of alkyl halides is 1. The van der Waals surface area contributed by atoms with Crippen molar-refractivity contribution in [1.29, 1.82) is 0 Å². The molecule has 0 radical (unpaired) electrons. The Morgan fingerprint density at radius 1 is 1.10 bits per heavy atom. The van der Waals surface area contributed by atoms with Gasteiger partial charge >= 0.3 is 0 Å². The SMILES string of the molecule is Cc1cc(I)c(CBr)cc1N1C(=O)c2ccccc2C1=O. The maximum absolute atomic E-state index is 12.5. The predicted molar refractivity (Wildman–Crippen MR) is 94.1 cm³/mol. The lowest BCUT2D eigenvalue weighted by molar-refractivity contribution is 0.0926. The summed E-state index contributed by atoms with van der Waals surface area (Å²) < 4.78 is 1.11. The van der Waals surface area contributed by atoms with Gasteiger partial charge in [-0.1, -0.05) is 28.1 Å². The minimum absolute atomic E-state index is 0.250. The standard InChI is InChI=1S/C16H11BrINO2/c1-9-6-13(18)10(8-17)7-14(9)19-15(20)11-4-2-3-5-12(11)16(19)21/h2-7H,8H2,1H3. The van der Waals surface area contributed by atoms with Gasteiger partial charge in [-0.2, -0.15) is 0 Å². The van der Waals surface area contributed by atoms with Crippen LogP contribution in [0.2, 0.25) is 0 Å². The number of rotatable bonds is 2. The van der Waals surface area contributed by atoms with Crippen LogP contribution in [0.3, 0.4) is 0 Å². The number of halogens is 2. The minimum atomic E-state index is -0.250. The van der Waals surface area contributed by atoms with Crippen LogP contribution in [-0.4, -0.2) is 11.8 Å². The van der Waals surface area contributed by atoms with Gasteiger partial charge in [0.05, 0.1) is 16.8 Å². The van der Waals surface area contributed by atoms with Crippen LogP contribution in [0.4, 0.5) is 5.69 Å². The molecule has 0 bridgehead atoms. The second kappa shape index (κ2) is 5.53. The highest BCUT2D eigenvalue weighted by Gasteiger charge is 2.37. The number of nitrogens with zero attached hydrogens (tertiary/aromatic N) is 1. The van der Waals surface area contributed by atoms with Crippen LogP contribution in [0.5, 0.6) is 0 Å². The van der Waals surface area contributed by atoms with E-state index in [1.807, 2.05) is 19.1 Å². The fourth-order valence-corrected chi connectivity index (χ4v) is 4.26. The van der Waals surface area contributed by atoms with E-state index < -0.39 is 0 Å². The third-order valence-electron chi connectivity index (χ3n) is 3.54. The molecule has 2 aromatic carbocycles. The van der Waals surface area contributed by atoms with Crippen molar-refractivity contribution < 1.29 is 9.59 Å². The minimum Gasteiger partial charge on any atom is -0.268 e. The molecule has 21 heavy (non-hydrogen) atoms. The molecule has 0 saturated carbocycles. The van der Waals surface area contributed by atoms with Crippen molar-refractivity contribution in [3.8, 4) is 0 Å². The van der Waals surface area contributed by atoms with Gasteiger partial charge in [-0.05, 0) is 64.9 Å². The summed E-state index contributed by atoms with van der Waals surface area (Å²) in [6, 6.07) is 10.9. The molecular weight excluding hydrogens is 445 g/mol. The second-order valence-corrected chi connectivity index (χ2v) is 6.58. The highest BCUT2D eigenvalue weighted by molar-refractivity contribution is 14.1. The Morgan fingerprint density at radius 3 is 2.19 bits per heavy atom. The number of benzene rings is 2. The number of anilines is 1. The van der Waals surface area contributed by atoms with E-state index in [0.29, 0.717) is 22.1 Å². The molecule has 2 amide bonds. The van der Waals surface area contributed by atoms with E-state index in [2.05, 4.69) is 38.5 Å². The Bertz CT molecular complexity index is 738. The molecule has 0 aliphatic carbocycles. The number of amides is 2. The molecule has 0 atom stereocenters. The fourth-order valence-electron chi connectivity index (χ4n) is 2.46. The number of carbonyl (C=O) groups is 2. The number of carbonyl (C=O) groups excluding carboxylic acids is 2. The summed E-state index contributed by atoms with van der Waals surface area (Å²) in [5, 5.41) is 0.682. The average Bonchev–Trinajstić information content (AvgIpc) is 2.72. The number of imide groups is 1. The lowest BCUT2D eigenvalue weighted by atomic mass is 10.1. The van der Waals surface area contributed by atoms with E-state index in [9.17, 15) is 9.59 Å². The molecule has 2 aromatic rings. The normalized spacial score (nSPS) is 13.8. The van der Waals surface area contributed by atoms with Crippen molar-refractivity contribution in [2.24, 2.45) is 0 Å². The second-order valence-electron chi connectivity index (χ2n) is 4.86. The quantitative estimate of drug-likeness (QED) is 0.384. The lowest BCUT2D eigenvalue weighted by Gasteiger charge is -2.18. The molecule has 0 N–H and O–H groups in total. The highest BCUT2D eigenvalue weighted by atomic mass is 127. The molecule has 1 aliphatic rings. The van der Waals surface area contributed by atoms with Crippen LogP contribution in [0.15, 0.2) is 36.4 Å². The number of hydrogen-bond acceptors (Lipinski definition) is 2. The number of aryl methyl sites for hydroxylation is 1. The Morgan fingerprint density at radius 2 is 1.67 bits per heavy atom. The lowest BCUT2D eigenvalue weighted by Crippen LogP contribution is -2.30. The van der Waals surface area contributed by atoms with E-state index >= 15 is 0 Å². The molecule has 1 aliphatic heterocycles. The van der Waals surface area contributed by atoms with Gasteiger partial charge in [0.1, 0.15) is 0 Å². The Kier molecular flexibility index (Phi) is 3.88. The Labute approximate surface area is 144 Å². The van der Waals surface area contributed by atoms with E-state index in [4.69, 9.17) is 0 Å². The zero-order valence-electron chi connectivity index (χ0n) is 11.2. The van der Waals surface area contributed by atoms with Crippen molar-refractivity contribution in [2.45, 2.75) is 12.3 Å². The van der Waals surface area contributed by atoms with Crippen molar-refractivity contribution in [3.63, 3.8) is 0 Å². The van der Waals surface area contributed by atoms with Gasteiger partial charge in [0, 0.05) is 8.90 Å². The van der Waals surface area contributed by atoms with Gasteiger partial charge in [0.25, 0.3) is 11.8 Å². The van der Waals surface area contributed by atoms with Gasteiger partial charge in [-0.15, -0.1) is 0 Å². The topological polar surface area (TPSA) is 37.4 Å². The summed E-state index contributed by atoms with van der Waals surface area (Å²) >= 11 is 5.70. The van der Waals surface area contributed by atoms with Crippen LogP contribution in [0.25, 0.3) is 0 Å². The predicted octanol–water partition coefficient (Wildman–Crippen LogP) is 4.30. The third kappa shape index (κ3) is 2.32. The summed E-state index contributed by atoms with van der Waals surface area (Å²) in [6.07, 6.45) is 0. The first kappa shape index (κ1) is 14.7. The van der Waals surface area contributed by atoms with E-state index in [1.165, 1.54) is 4.90 Å². The average molecular weight is 456 g/mol. The fraction of sp³-hybridized carbons (Fsp3) is 0.125. The van der Waals surface area contributed by atoms with Crippen LogP contribution in [-0.2, 0) is 5.33 Å². The van der Waals surface area contributed by atoms with Gasteiger partial charge in [-0.3, -0.25) is 9.59 Å². The molecule has 3 rings (SSSR count). The molecule has 5 heteroatoms. The van der Waals surface area contributed by atoms with Gasteiger partial charge in [0.2, 0.25) is 0 Å². The van der Waals surface area contributed by atoms with E-state index in [0.717, 1.165) is 14.7 Å². The summed E-state index contributed by atoms with van der Waals surface area (Å²) in [5.41, 5.74) is 3.59. The molecule has 1 heterocycles. The Balaban J connectivity index is 2.15. The first-order valence-corrected chi connectivity index (χ1v) is 8.57. The van der Waals surface area contributed by atoms with Crippen LogP contribution in [0.1, 0.15) is 31.8 Å². The van der Waals surface area contributed by atoms with Crippen LogP contribution >= 0.6 is 38.5 Å². The van der Waals surface area contributed by atoms with Crippen molar-refractivity contribution >= 4 is 56.0 Å². The molecule has 106 valence electrons. The number of hydrogen-bond donors (Lipinski definition) is 0. The van der Waals surface area contributed by atoms with E-state index in [-0.39, 0.29) is 11.8 Å². The molecule has 0 fully saturated rings. The molecule has 3 nitrogen and oxygen atoms in total. The van der Waals surface area contributed by atoms with E-state index in [1.54, 1.807) is 24.3 Å². The molecule has 0 saturated heterocycles. The first-order valence-electron chi connectivity index (χ1n) is 6.37. The van der Waals surface area contributed by atoms with Crippen molar-refractivity contribution in [2.75, 3.05) is 4.90 Å². The largest absolute Gasteiger partial charge is 0.268 e. The molecule has 0 unspecified atom stereocenters. The maximum atomic E-state index is 12.5.